The normalized spacial score (nSPS) is 11.4. The van der Waals surface area contributed by atoms with Crippen LogP contribution in [0.1, 0.15) is 15.6 Å². The molecule has 1 rings (SSSR count). The summed E-state index contributed by atoms with van der Waals surface area (Å²) in [5.74, 6) is 2.88. The number of aryl methyl sites for hydroxylation is 2. The van der Waals surface area contributed by atoms with E-state index in [1.54, 1.807) is 18.4 Å². The molecule has 0 saturated carbocycles. The third-order valence-corrected chi connectivity index (χ3v) is 4.45. The molecule has 0 fully saturated rings. The fraction of sp³-hybridized carbons (Fsp3) is 0.538. The van der Waals surface area contributed by atoms with Gasteiger partial charge in [0.05, 0.1) is 17.2 Å². The Morgan fingerprint density at radius 1 is 1.47 bits per heavy atom. The first-order chi connectivity index (χ1) is 9.17. The Morgan fingerprint density at radius 2 is 2.26 bits per heavy atom. The van der Waals surface area contributed by atoms with Crippen LogP contribution in [0, 0.1) is 13.8 Å². The first kappa shape index (κ1) is 16.0. The average molecular weight is 298 g/mol. The highest BCUT2D eigenvalue weighted by Gasteiger charge is 2.05. The summed E-state index contributed by atoms with van der Waals surface area (Å²) in [6.07, 6.45) is 1.92. The number of guanidine groups is 1. The number of nitrogens with zero attached hydrogens (tertiary/aromatic N) is 2. The number of aliphatic imine (C=N–C) groups is 1. The zero-order valence-corrected chi connectivity index (χ0v) is 13.5. The fourth-order valence-electron chi connectivity index (χ4n) is 1.53. The van der Waals surface area contributed by atoms with Crippen molar-refractivity contribution < 1.29 is 0 Å². The molecule has 0 unspecified atom stereocenters. The molecule has 0 bridgehead atoms. The molecule has 0 saturated heterocycles. The maximum absolute atomic E-state index is 4.42. The minimum atomic E-state index is 0.775. The minimum Gasteiger partial charge on any atom is -0.356 e. The fourth-order valence-corrected chi connectivity index (χ4v) is 2.99. The molecule has 0 spiro atoms. The van der Waals surface area contributed by atoms with Gasteiger partial charge in [-0.2, -0.15) is 11.8 Å². The molecule has 1 heterocycles. The summed E-state index contributed by atoms with van der Waals surface area (Å²) in [6.45, 7) is 9.45. The van der Waals surface area contributed by atoms with Gasteiger partial charge in [-0.05, 0) is 13.8 Å². The lowest BCUT2D eigenvalue weighted by Gasteiger charge is -2.10. The van der Waals surface area contributed by atoms with Gasteiger partial charge in [-0.3, -0.25) is 4.99 Å². The van der Waals surface area contributed by atoms with Crippen LogP contribution < -0.4 is 10.6 Å². The van der Waals surface area contributed by atoms with E-state index in [0.717, 1.165) is 41.3 Å². The van der Waals surface area contributed by atoms with Crippen molar-refractivity contribution in [2.45, 2.75) is 20.4 Å². The highest BCUT2D eigenvalue weighted by molar-refractivity contribution is 7.99. The van der Waals surface area contributed by atoms with E-state index >= 15 is 0 Å². The van der Waals surface area contributed by atoms with Crippen LogP contribution in [0.3, 0.4) is 0 Å². The second-order valence-electron chi connectivity index (χ2n) is 3.96. The number of hydrogen-bond donors (Lipinski definition) is 2. The number of thiazole rings is 1. The molecule has 0 aliphatic rings. The van der Waals surface area contributed by atoms with E-state index in [2.05, 4.69) is 27.2 Å². The third-order valence-electron chi connectivity index (χ3n) is 2.41. The predicted molar refractivity (Wildman–Crippen MR) is 87.3 cm³/mol. The van der Waals surface area contributed by atoms with Crippen LogP contribution in [0.4, 0.5) is 0 Å². The molecule has 106 valence electrons. The lowest BCUT2D eigenvalue weighted by molar-refractivity contribution is 0.836. The molecule has 0 atom stereocenters. The van der Waals surface area contributed by atoms with Gasteiger partial charge in [0, 0.05) is 30.0 Å². The monoisotopic (exact) mass is 298 g/mol. The standard InChI is InChI=1S/C13H22N4S2/c1-5-7-18-8-6-15-13(14-4)16-9-12-10(2)17-11(3)19-12/h5H,1,6-9H2,2-4H3,(H2,14,15,16). The van der Waals surface area contributed by atoms with E-state index in [9.17, 15) is 0 Å². The highest BCUT2D eigenvalue weighted by atomic mass is 32.2. The number of hydrogen-bond acceptors (Lipinski definition) is 4. The molecule has 0 aromatic carbocycles. The highest BCUT2D eigenvalue weighted by Crippen LogP contribution is 2.16. The second kappa shape index (κ2) is 8.98. The molecule has 0 aliphatic heterocycles. The molecule has 4 nitrogen and oxygen atoms in total. The van der Waals surface area contributed by atoms with Crippen LogP contribution in [-0.2, 0) is 6.54 Å². The predicted octanol–water partition coefficient (Wildman–Crippen LogP) is 2.34. The SMILES string of the molecule is C=CCSCCNC(=NC)NCc1sc(C)nc1C. The van der Waals surface area contributed by atoms with Crippen molar-refractivity contribution in [3.63, 3.8) is 0 Å². The van der Waals surface area contributed by atoms with Crippen LogP contribution in [0.5, 0.6) is 0 Å². The maximum atomic E-state index is 4.42. The van der Waals surface area contributed by atoms with Crippen LogP contribution in [-0.4, -0.2) is 36.0 Å². The van der Waals surface area contributed by atoms with E-state index in [1.165, 1.54) is 4.88 Å². The summed E-state index contributed by atoms with van der Waals surface area (Å²) in [6, 6.07) is 0. The quantitative estimate of drug-likeness (QED) is 0.351. The zero-order chi connectivity index (χ0) is 14.1. The Morgan fingerprint density at radius 3 is 2.84 bits per heavy atom. The van der Waals surface area contributed by atoms with Crippen molar-refractivity contribution in [3.8, 4) is 0 Å². The van der Waals surface area contributed by atoms with Gasteiger partial charge < -0.3 is 10.6 Å². The van der Waals surface area contributed by atoms with Gasteiger partial charge in [-0.15, -0.1) is 17.9 Å². The molecule has 19 heavy (non-hydrogen) atoms. The zero-order valence-electron chi connectivity index (χ0n) is 11.8. The molecule has 0 aliphatic carbocycles. The summed E-state index contributed by atoms with van der Waals surface area (Å²) in [7, 11) is 1.79. The Labute approximate surface area is 123 Å². The van der Waals surface area contributed by atoms with Crippen molar-refractivity contribution >= 4 is 29.1 Å². The van der Waals surface area contributed by atoms with Gasteiger partial charge in [0.1, 0.15) is 0 Å². The molecule has 0 amide bonds. The Bertz CT molecular complexity index is 426. The molecular formula is C13H22N4S2. The largest absolute Gasteiger partial charge is 0.356 e. The van der Waals surface area contributed by atoms with Crippen molar-refractivity contribution in [3.05, 3.63) is 28.2 Å². The molecule has 1 aromatic rings. The average Bonchev–Trinajstić information content (AvgIpc) is 2.71. The Balaban J connectivity index is 2.29. The van der Waals surface area contributed by atoms with Gasteiger partial charge >= 0.3 is 0 Å². The van der Waals surface area contributed by atoms with Crippen LogP contribution in [0.2, 0.25) is 0 Å². The second-order valence-corrected chi connectivity index (χ2v) is 6.40. The first-order valence-corrected chi connectivity index (χ1v) is 8.20. The lowest BCUT2D eigenvalue weighted by atomic mass is 10.4. The Kier molecular flexibility index (Phi) is 7.59. The number of nitrogens with one attached hydrogen (secondary N) is 2. The Hall–Kier alpha value is -1.01. The molecule has 6 heteroatoms. The topological polar surface area (TPSA) is 49.3 Å². The lowest BCUT2D eigenvalue weighted by Crippen LogP contribution is -2.37. The van der Waals surface area contributed by atoms with Crippen LogP contribution in [0.15, 0.2) is 17.6 Å². The molecule has 1 aromatic heterocycles. The van der Waals surface area contributed by atoms with E-state index in [-0.39, 0.29) is 0 Å². The van der Waals surface area contributed by atoms with Gasteiger partial charge in [-0.25, -0.2) is 4.98 Å². The summed E-state index contributed by atoms with van der Waals surface area (Å²) >= 11 is 3.58. The number of thioether (sulfide) groups is 1. The maximum Gasteiger partial charge on any atom is 0.191 e. The molecule has 2 N–H and O–H groups in total. The summed E-state index contributed by atoms with van der Waals surface area (Å²) in [4.78, 5) is 9.89. The summed E-state index contributed by atoms with van der Waals surface area (Å²) < 4.78 is 0. The van der Waals surface area contributed by atoms with E-state index in [0.29, 0.717) is 0 Å². The van der Waals surface area contributed by atoms with Gasteiger partial charge in [0.25, 0.3) is 0 Å². The van der Waals surface area contributed by atoms with Crippen LogP contribution >= 0.6 is 23.1 Å². The van der Waals surface area contributed by atoms with Crippen LogP contribution in [0.25, 0.3) is 0 Å². The number of aromatic nitrogens is 1. The molecule has 0 radical (unpaired) electrons. The van der Waals surface area contributed by atoms with Crippen molar-refractivity contribution in [1.29, 1.82) is 0 Å². The minimum absolute atomic E-state index is 0.775. The first-order valence-electron chi connectivity index (χ1n) is 6.23. The molecular weight excluding hydrogens is 276 g/mol. The van der Waals surface area contributed by atoms with Gasteiger partial charge in [-0.1, -0.05) is 6.08 Å². The van der Waals surface area contributed by atoms with Crippen molar-refractivity contribution in [1.82, 2.24) is 15.6 Å². The third kappa shape index (κ3) is 6.11. The van der Waals surface area contributed by atoms with Crippen molar-refractivity contribution in [2.24, 2.45) is 4.99 Å². The van der Waals surface area contributed by atoms with E-state index in [1.807, 2.05) is 31.7 Å². The van der Waals surface area contributed by atoms with E-state index in [4.69, 9.17) is 0 Å². The summed E-state index contributed by atoms with van der Waals surface area (Å²) in [5, 5.41) is 7.71. The number of rotatable bonds is 7. The van der Waals surface area contributed by atoms with Gasteiger partial charge in [0.2, 0.25) is 0 Å². The summed E-state index contributed by atoms with van der Waals surface area (Å²) in [5.41, 5.74) is 1.10. The van der Waals surface area contributed by atoms with Crippen molar-refractivity contribution in [2.75, 3.05) is 25.1 Å². The van der Waals surface area contributed by atoms with Gasteiger partial charge in [0.15, 0.2) is 5.96 Å². The smallest absolute Gasteiger partial charge is 0.191 e. The van der Waals surface area contributed by atoms with E-state index < -0.39 is 0 Å².